The molecule has 2 aromatic heterocycles. The maximum atomic E-state index is 13.8. The summed E-state index contributed by atoms with van der Waals surface area (Å²) < 4.78 is 46.6. The highest BCUT2D eigenvalue weighted by molar-refractivity contribution is 7.17. The van der Waals surface area contributed by atoms with Crippen LogP contribution in [0.25, 0.3) is 10.2 Å². The highest BCUT2D eigenvalue weighted by atomic mass is 32.1. The molecule has 1 aliphatic carbocycles. The number of piperidine rings is 1. The van der Waals surface area contributed by atoms with Gasteiger partial charge in [0.2, 0.25) is 0 Å². The lowest BCUT2D eigenvalue weighted by Gasteiger charge is -2.53. The largest absolute Gasteiger partial charge is 0.446 e. The minimum atomic E-state index is -4.55. The fourth-order valence-electron chi connectivity index (χ4n) is 4.49. The first-order valence-corrected chi connectivity index (χ1v) is 11.5. The Bertz CT molecular complexity index is 1070. The average molecular weight is 469 g/mol. The molecule has 2 saturated heterocycles. The van der Waals surface area contributed by atoms with Crippen molar-refractivity contribution in [2.24, 2.45) is 5.41 Å². The summed E-state index contributed by atoms with van der Waals surface area (Å²) in [5.74, 6) is -0.230. The van der Waals surface area contributed by atoms with E-state index < -0.39 is 17.6 Å². The number of likely N-dealkylation sites (tertiary alicyclic amines) is 1. The van der Waals surface area contributed by atoms with Crippen LogP contribution in [-0.4, -0.2) is 61.2 Å². The number of hydrogen-bond donors (Lipinski definition) is 1. The second-order valence-corrected chi connectivity index (χ2v) is 9.74. The van der Waals surface area contributed by atoms with Gasteiger partial charge in [-0.15, -0.1) is 11.3 Å². The van der Waals surface area contributed by atoms with E-state index in [2.05, 4.69) is 10.3 Å². The number of thiophene rings is 1. The van der Waals surface area contributed by atoms with Crippen LogP contribution in [0, 0.1) is 5.41 Å². The van der Waals surface area contributed by atoms with E-state index in [-0.39, 0.29) is 39.2 Å². The van der Waals surface area contributed by atoms with Gasteiger partial charge in [-0.3, -0.25) is 4.79 Å². The van der Waals surface area contributed by atoms with Crippen molar-refractivity contribution in [3.05, 3.63) is 22.6 Å². The molecule has 172 valence electrons. The van der Waals surface area contributed by atoms with Crippen molar-refractivity contribution in [2.75, 3.05) is 38.1 Å². The van der Waals surface area contributed by atoms with E-state index in [4.69, 9.17) is 4.74 Å². The number of pyridine rings is 1. The van der Waals surface area contributed by atoms with Crippen molar-refractivity contribution < 1.29 is 27.5 Å². The highest BCUT2D eigenvalue weighted by Gasteiger charge is 2.48. The van der Waals surface area contributed by atoms with Gasteiger partial charge in [0.25, 0.3) is 5.91 Å². The third-order valence-electron chi connectivity index (χ3n) is 6.54. The normalized spacial score (nSPS) is 20.4. The number of rotatable bonds is 3. The molecule has 4 heterocycles. The van der Waals surface area contributed by atoms with Crippen LogP contribution in [0.2, 0.25) is 0 Å². The van der Waals surface area contributed by atoms with Gasteiger partial charge < -0.3 is 19.9 Å². The third-order valence-corrected chi connectivity index (χ3v) is 7.54. The first kappa shape index (κ1) is 21.3. The van der Waals surface area contributed by atoms with Crippen molar-refractivity contribution in [1.29, 1.82) is 0 Å². The number of anilines is 1. The number of alkyl halides is 3. The van der Waals surface area contributed by atoms with E-state index in [1.165, 1.54) is 12.4 Å². The van der Waals surface area contributed by atoms with Gasteiger partial charge in [0.15, 0.2) is 0 Å². The fraction of sp³-hybridized carbons (Fsp3) is 0.571. The van der Waals surface area contributed by atoms with Gasteiger partial charge in [-0.1, -0.05) is 0 Å². The van der Waals surface area contributed by atoms with Crippen LogP contribution >= 0.6 is 11.3 Å². The Morgan fingerprint density at radius 1 is 1.25 bits per heavy atom. The molecule has 0 unspecified atom stereocenters. The lowest BCUT2D eigenvalue weighted by molar-refractivity contribution is -0.136. The van der Waals surface area contributed by atoms with Gasteiger partial charge in [0.05, 0.1) is 21.3 Å². The molecule has 2 amide bonds. The Morgan fingerprint density at radius 2 is 1.94 bits per heavy atom. The number of ether oxygens (including phenoxy) is 1. The van der Waals surface area contributed by atoms with Crippen LogP contribution < -0.4 is 10.2 Å². The van der Waals surface area contributed by atoms with Crippen LogP contribution in [0.3, 0.4) is 0 Å². The zero-order chi connectivity index (χ0) is 22.7. The van der Waals surface area contributed by atoms with Crippen LogP contribution in [0.4, 0.5) is 23.8 Å². The molecule has 3 fully saturated rings. The van der Waals surface area contributed by atoms with E-state index >= 15 is 0 Å². The molecule has 2 aromatic rings. The Hall–Kier alpha value is -2.56. The molecule has 11 heteroatoms. The SMILES string of the molecule is CNC(=O)c1csc2c(C(F)(F)F)cc(N3CCC4(CC3)CN(C(=O)OC3CC3)C4)nc12. The molecule has 7 nitrogen and oxygen atoms in total. The Balaban J connectivity index is 1.34. The summed E-state index contributed by atoms with van der Waals surface area (Å²) in [5.41, 5.74) is -0.545. The number of nitrogens with one attached hydrogen (secondary N) is 1. The molecule has 32 heavy (non-hydrogen) atoms. The highest BCUT2D eigenvalue weighted by Crippen LogP contribution is 2.44. The number of hydrogen-bond acceptors (Lipinski definition) is 6. The van der Waals surface area contributed by atoms with Gasteiger partial charge in [-0.05, 0) is 31.7 Å². The summed E-state index contributed by atoms with van der Waals surface area (Å²) in [4.78, 5) is 32.2. The number of halogens is 3. The lowest BCUT2D eigenvalue weighted by atomic mass is 9.72. The predicted molar refractivity (Wildman–Crippen MR) is 113 cm³/mol. The topological polar surface area (TPSA) is 74.8 Å². The van der Waals surface area contributed by atoms with E-state index in [1.54, 1.807) is 4.90 Å². The molecule has 1 N–H and O–H groups in total. The third kappa shape index (κ3) is 3.76. The van der Waals surface area contributed by atoms with E-state index in [1.807, 2.05) is 4.90 Å². The monoisotopic (exact) mass is 468 g/mol. The van der Waals surface area contributed by atoms with Crippen LogP contribution in [0.5, 0.6) is 0 Å². The number of amides is 2. The molecule has 1 spiro atoms. The van der Waals surface area contributed by atoms with Crippen molar-refractivity contribution in [3.8, 4) is 0 Å². The van der Waals surface area contributed by atoms with Crippen molar-refractivity contribution in [1.82, 2.24) is 15.2 Å². The fourth-order valence-corrected chi connectivity index (χ4v) is 5.51. The number of aromatic nitrogens is 1. The Morgan fingerprint density at radius 3 is 2.53 bits per heavy atom. The summed E-state index contributed by atoms with van der Waals surface area (Å²) in [5, 5.41) is 3.88. The zero-order valence-electron chi connectivity index (χ0n) is 17.5. The van der Waals surface area contributed by atoms with Gasteiger partial charge in [-0.2, -0.15) is 13.2 Å². The second-order valence-electron chi connectivity index (χ2n) is 8.86. The predicted octanol–water partition coefficient (Wildman–Crippen LogP) is 3.88. The molecule has 1 saturated carbocycles. The molecular formula is C21H23F3N4O3S. The number of fused-ring (bicyclic) bond motifs is 1. The molecule has 3 aliphatic rings. The maximum absolute atomic E-state index is 13.8. The molecule has 0 bridgehead atoms. The smallest absolute Gasteiger partial charge is 0.417 e. The summed E-state index contributed by atoms with van der Waals surface area (Å²) in [6.45, 7) is 2.33. The molecule has 2 aliphatic heterocycles. The maximum Gasteiger partial charge on any atom is 0.417 e. The van der Waals surface area contributed by atoms with E-state index in [0.717, 1.165) is 43.1 Å². The van der Waals surface area contributed by atoms with Crippen molar-refractivity contribution >= 4 is 39.4 Å². The van der Waals surface area contributed by atoms with Crippen LogP contribution in [-0.2, 0) is 10.9 Å². The van der Waals surface area contributed by atoms with E-state index in [0.29, 0.717) is 26.2 Å². The first-order chi connectivity index (χ1) is 15.2. The second kappa shape index (κ2) is 7.50. The molecule has 0 aromatic carbocycles. The average Bonchev–Trinajstić information content (AvgIpc) is 3.45. The summed E-state index contributed by atoms with van der Waals surface area (Å²) in [6.07, 6.45) is -1.36. The Labute approximate surface area is 186 Å². The zero-order valence-corrected chi connectivity index (χ0v) is 18.3. The first-order valence-electron chi connectivity index (χ1n) is 10.6. The summed E-state index contributed by atoms with van der Waals surface area (Å²) in [7, 11) is 1.44. The standard InChI is InChI=1S/C21H23F3N4O3S/c1-25-18(29)13-9-32-17-14(21(22,23)24)8-15(26-16(13)17)27-6-4-20(5-7-27)10-28(11-20)19(30)31-12-2-3-12/h8-9,12H,2-7,10-11H2,1H3,(H,25,29). The quantitative estimate of drug-likeness (QED) is 0.740. The molecule has 0 radical (unpaired) electrons. The minimum Gasteiger partial charge on any atom is -0.446 e. The van der Waals surface area contributed by atoms with Gasteiger partial charge >= 0.3 is 12.3 Å². The molecule has 5 rings (SSSR count). The Kier molecular flexibility index (Phi) is 4.99. The van der Waals surface area contributed by atoms with E-state index in [9.17, 15) is 22.8 Å². The van der Waals surface area contributed by atoms with Crippen molar-refractivity contribution in [3.63, 3.8) is 0 Å². The number of nitrogens with zero attached hydrogens (tertiary/aromatic N) is 3. The number of carbonyl (C=O) groups is 2. The van der Waals surface area contributed by atoms with Gasteiger partial charge in [0, 0.05) is 44.0 Å². The van der Waals surface area contributed by atoms with Crippen molar-refractivity contribution in [2.45, 2.75) is 38.0 Å². The van der Waals surface area contributed by atoms with Gasteiger partial charge in [0.1, 0.15) is 11.9 Å². The van der Waals surface area contributed by atoms with Crippen LogP contribution in [0.15, 0.2) is 11.4 Å². The number of carbonyl (C=O) groups excluding carboxylic acids is 2. The molecular weight excluding hydrogens is 445 g/mol. The summed E-state index contributed by atoms with van der Waals surface area (Å²) >= 11 is 0.879. The van der Waals surface area contributed by atoms with Gasteiger partial charge in [-0.25, -0.2) is 9.78 Å². The lowest BCUT2D eigenvalue weighted by Crippen LogP contribution is -2.62. The summed E-state index contributed by atoms with van der Waals surface area (Å²) in [6, 6.07) is 1.09. The van der Waals surface area contributed by atoms with Crippen LogP contribution in [0.1, 0.15) is 41.6 Å². The molecule has 0 atom stereocenters. The minimum absolute atomic E-state index is 0.00827.